The molecule has 0 aliphatic rings. The molecule has 0 atom stereocenters. The molecule has 0 spiro atoms. The molecule has 2 aromatic rings. The largest absolute Gasteiger partial charge is 0.422 e. The van der Waals surface area contributed by atoms with Gasteiger partial charge in [-0.25, -0.2) is 22.4 Å². The Morgan fingerprint density at radius 3 is 2.23 bits per heavy atom. The highest BCUT2D eigenvalue weighted by atomic mass is 19.4. The molecule has 0 fully saturated rings. The number of alkyl halides is 3. The van der Waals surface area contributed by atoms with E-state index in [1.165, 1.54) is 24.3 Å². The molecule has 0 saturated carbocycles. The number of benzene rings is 2. The van der Waals surface area contributed by atoms with Crippen LogP contribution in [0.4, 0.5) is 36.4 Å². The minimum atomic E-state index is -5.62. The van der Waals surface area contributed by atoms with Crippen LogP contribution in [-0.2, 0) is 22.5 Å². The molecule has 0 saturated heterocycles. The highest BCUT2D eigenvalue weighted by Gasteiger charge is 2.42. The van der Waals surface area contributed by atoms with E-state index >= 15 is 0 Å². The van der Waals surface area contributed by atoms with Gasteiger partial charge < -0.3 is 5.32 Å². The highest BCUT2D eigenvalue weighted by Crippen LogP contribution is 2.37. The van der Waals surface area contributed by atoms with Crippen LogP contribution in [0.3, 0.4) is 0 Å². The van der Waals surface area contributed by atoms with Gasteiger partial charge in [0.2, 0.25) is 0 Å². The van der Waals surface area contributed by atoms with Crippen molar-refractivity contribution < 1.29 is 45.3 Å². The topological polar surface area (TPSA) is 47.6 Å². The Morgan fingerprint density at radius 1 is 1.00 bits per heavy atom. The van der Waals surface area contributed by atoms with E-state index in [9.17, 15) is 35.5 Å². The van der Waals surface area contributed by atoms with Gasteiger partial charge in [0, 0.05) is 17.8 Å². The summed E-state index contributed by atoms with van der Waals surface area (Å²) in [5, 5.41) is 2.39. The Labute approximate surface area is 172 Å². The van der Waals surface area contributed by atoms with E-state index in [1.54, 1.807) is 0 Å². The third-order valence-corrected chi connectivity index (χ3v) is 4.17. The Kier molecular flexibility index (Phi) is 8.26. The summed E-state index contributed by atoms with van der Waals surface area (Å²) in [6.45, 7) is 1.28. The summed E-state index contributed by atoms with van der Waals surface area (Å²) in [4.78, 5) is 21.3. The normalized spacial score (nSPS) is 11.5. The maximum absolute atomic E-state index is 14.0. The van der Waals surface area contributed by atoms with Crippen molar-refractivity contribution in [3.8, 4) is 0 Å². The second kappa shape index (κ2) is 10.5. The SMILES string of the molecule is CCCCCOOC(=O)c1cccc(NCc2c(F)c(F)c(C(F)(F)F)c(F)c2F)c1. The van der Waals surface area contributed by atoms with Gasteiger partial charge in [-0.05, 0) is 24.6 Å². The lowest BCUT2D eigenvalue weighted by Gasteiger charge is -2.15. The zero-order chi connectivity index (χ0) is 23.2. The van der Waals surface area contributed by atoms with Crippen molar-refractivity contribution in [3.63, 3.8) is 0 Å². The number of carbonyl (C=O) groups is 1. The molecular formula is C20H18F7NO3. The molecule has 4 nitrogen and oxygen atoms in total. The fraction of sp³-hybridized carbons (Fsp3) is 0.350. The summed E-state index contributed by atoms with van der Waals surface area (Å²) in [5.74, 6) is -10.3. The fourth-order valence-corrected chi connectivity index (χ4v) is 2.58. The number of hydrogen-bond acceptors (Lipinski definition) is 4. The average Bonchev–Trinajstić information content (AvgIpc) is 2.71. The molecule has 0 aromatic heterocycles. The predicted octanol–water partition coefficient (Wildman–Crippen LogP) is 6.15. The van der Waals surface area contributed by atoms with Crippen LogP contribution in [0.2, 0.25) is 0 Å². The van der Waals surface area contributed by atoms with Crippen molar-refractivity contribution in [2.45, 2.75) is 38.9 Å². The summed E-state index contributed by atoms with van der Waals surface area (Å²) < 4.78 is 93.2. The molecule has 11 heteroatoms. The number of carbonyl (C=O) groups excluding carboxylic acids is 1. The molecule has 0 aliphatic heterocycles. The smallest absolute Gasteiger partial charge is 0.381 e. The summed E-state index contributed by atoms with van der Waals surface area (Å²) in [6, 6.07) is 5.27. The lowest BCUT2D eigenvalue weighted by Crippen LogP contribution is -2.18. The summed E-state index contributed by atoms with van der Waals surface area (Å²) in [5.41, 5.74) is -3.84. The van der Waals surface area contributed by atoms with Gasteiger partial charge in [0.25, 0.3) is 0 Å². The molecule has 2 aromatic carbocycles. The number of anilines is 1. The Hall–Kier alpha value is -2.82. The van der Waals surface area contributed by atoms with Crippen molar-refractivity contribution in [1.29, 1.82) is 0 Å². The van der Waals surface area contributed by atoms with Crippen LogP contribution < -0.4 is 5.32 Å². The highest BCUT2D eigenvalue weighted by molar-refractivity contribution is 5.90. The number of hydrogen-bond donors (Lipinski definition) is 1. The number of nitrogens with one attached hydrogen (secondary N) is 1. The Balaban J connectivity index is 2.12. The van der Waals surface area contributed by atoms with Crippen molar-refractivity contribution in [2.75, 3.05) is 11.9 Å². The minimum absolute atomic E-state index is 0.00813. The summed E-state index contributed by atoms with van der Waals surface area (Å²) in [7, 11) is 0. The van der Waals surface area contributed by atoms with Crippen LogP contribution in [0.1, 0.15) is 47.7 Å². The fourth-order valence-electron chi connectivity index (χ4n) is 2.58. The summed E-state index contributed by atoms with van der Waals surface area (Å²) >= 11 is 0. The first-order chi connectivity index (χ1) is 14.6. The van der Waals surface area contributed by atoms with Crippen LogP contribution in [0.25, 0.3) is 0 Å². The van der Waals surface area contributed by atoms with Gasteiger partial charge in [-0.3, -0.25) is 4.89 Å². The zero-order valence-corrected chi connectivity index (χ0v) is 16.2. The second-order valence-corrected chi connectivity index (χ2v) is 6.44. The maximum atomic E-state index is 14.0. The molecule has 0 radical (unpaired) electrons. The van der Waals surface area contributed by atoms with Crippen molar-refractivity contribution in [3.05, 3.63) is 64.2 Å². The Bertz CT molecular complexity index is 903. The van der Waals surface area contributed by atoms with Crippen LogP contribution in [0, 0.1) is 23.3 Å². The van der Waals surface area contributed by atoms with E-state index < -0.39 is 53.1 Å². The van der Waals surface area contributed by atoms with Gasteiger partial charge in [0.1, 0.15) is 5.56 Å². The maximum Gasteiger partial charge on any atom is 0.422 e. The molecule has 31 heavy (non-hydrogen) atoms. The lowest BCUT2D eigenvalue weighted by atomic mass is 10.1. The van der Waals surface area contributed by atoms with E-state index in [-0.39, 0.29) is 17.9 Å². The molecule has 2 rings (SSSR count). The molecule has 0 heterocycles. The molecule has 0 amide bonds. The van der Waals surface area contributed by atoms with Gasteiger partial charge in [-0.2, -0.15) is 18.1 Å². The monoisotopic (exact) mass is 453 g/mol. The summed E-state index contributed by atoms with van der Waals surface area (Å²) in [6.07, 6.45) is -3.11. The van der Waals surface area contributed by atoms with Crippen molar-refractivity contribution >= 4 is 11.7 Å². The van der Waals surface area contributed by atoms with Crippen molar-refractivity contribution in [2.24, 2.45) is 0 Å². The minimum Gasteiger partial charge on any atom is -0.381 e. The van der Waals surface area contributed by atoms with E-state index in [2.05, 4.69) is 10.2 Å². The van der Waals surface area contributed by atoms with Gasteiger partial charge >= 0.3 is 12.1 Å². The zero-order valence-electron chi connectivity index (χ0n) is 16.2. The Morgan fingerprint density at radius 2 is 1.65 bits per heavy atom. The molecular weight excluding hydrogens is 435 g/mol. The third kappa shape index (κ3) is 6.09. The second-order valence-electron chi connectivity index (χ2n) is 6.44. The van der Waals surface area contributed by atoms with E-state index in [0.717, 1.165) is 12.8 Å². The molecule has 0 unspecified atom stereocenters. The van der Waals surface area contributed by atoms with Gasteiger partial charge in [-0.1, -0.05) is 25.8 Å². The quantitative estimate of drug-likeness (QED) is 0.163. The number of halogens is 7. The van der Waals surface area contributed by atoms with Crippen LogP contribution in [0.15, 0.2) is 24.3 Å². The van der Waals surface area contributed by atoms with E-state index in [4.69, 9.17) is 4.89 Å². The molecule has 0 bridgehead atoms. The standard InChI is InChI=1S/C20H18F7NO3/c1-2-3-4-8-30-31-19(29)11-6-5-7-12(9-11)28-10-13-15(21)17(23)14(20(25,26)27)18(24)16(13)22/h5-7,9,28H,2-4,8,10H2,1H3. The lowest BCUT2D eigenvalue weighted by molar-refractivity contribution is -0.241. The molecule has 0 aliphatic carbocycles. The van der Waals surface area contributed by atoms with E-state index in [1.807, 2.05) is 6.92 Å². The first-order valence-corrected chi connectivity index (χ1v) is 9.17. The molecule has 170 valence electrons. The van der Waals surface area contributed by atoms with E-state index in [0.29, 0.717) is 6.42 Å². The number of unbranched alkanes of at least 4 members (excludes halogenated alkanes) is 2. The average molecular weight is 453 g/mol. The predicted molar refractivity (Wildman–Crippen MR) is 95.9 cm³/mol. The van der Waals surface area contributed by atoms with Gasteiger partial charge in [0.05, 0.1) is 12.2 Å². The van der Waals surface area contributed by atoms with Crippen LogP contribution in [0.5, 0.6) is 0 Å². The molecule has 1 N–H and O–H groups in total. The van der Waals surface area contributed by atoms with Crippen molar-refractivity contribution in [1.82, 2.24) is 0 Å². The first-order valence-electron chi connectivity index (χ1n) is 9.17. The first kappa shape index (κ1) is 24.4. The van der Waals surface area contributed by atoms with Crippen LogP contribution in [-0.4, -0.2) is 12.6 Å². The van der Waals surface area contributed by atoms with Gasteiger partial charge in [-0.15, -0.1) is 0 Å². The number of rotatable bonds is 9. The van der Waals surface area contributed by atoms with Gasteiger partial charge in [0.15, 0.2) is 23.3 Å². The van der Waals surface area contributed by atoms with Crippen LogP contribution >= 0.6 is 0 Å². The third-order valence-electron chi connectivity index (χ3n) is 4.17.